The normalized spacial score (nSPS) is 8.93. The monoisotopic (exact) mass is 221 g/mol. The standard InChI is InChI=1S/C9H19N3O.ClH/c1-7(2)8(3)9(13)12(11)6-4-5-10;/h4-6,10-11H2,1-3H3;1H. The first-order valence-electron chi connectivity index (χ1n) is 4.41. The van der Waals surface area contributed by atoms with E-state index < -0.39 is 0 Å². The van der Waals surface area contributed by atoms with Crippen molar-refractivity contribution in [1.29, 1.82) is 0 Å². The summed E-state index contributed by atoms with van der Waals surface area (Å²) in [5.41, 5.74) is 7.01. The summed E-state index contributed by atoms with van der Waals surface area (Å²) in [6.07, 6.45) is 0.734. The van der Waals surface area contributed by atoms with Gasteiger partial charge in [0.2, 0.25) is 0 Å². The Balaban J connectivity index is 0. The SMILES string of the molecule is CC(C)=C(C)C(=O)N(N)CCCN.Cl. The summed E-state index contributed by atoms with van der Waals surface area (Å²) in [4.78, 5) is 11.5. The number of rotatable bonds is 4. The number of halogens is 1. The Bertz CT molecular complexity index is 212. The van der Waals surface area contributed by atoms with Crippen molar-refractivity contribution in [3.63, 3.8) is 0 Å². The quantitative estimate of drug-likeness (QED) is 0.320. The number of hydrogen-bond donors (Lipinski definition) is 2. The summed E-state index contributed by atoms with van der Waals surface area (Å²) in [6, 6.07) is 0. The zero-order chi connectivity index (χ0) is 10.4. The van der Waals surface area contributed by atoms with Crippen LogP contribution in [0.3, 0.4) is 0 Å². The lowest BCUT2D eigenvalue weighted by Gasteiger charge is -2.16. The van der Waals surface area contributed by atoms with Crippen molar-refractivity contribution in [1.82, 2.24) is 5.01 Å². The third kappa shape index (κ3) is 5.21. The average Bonchev–Trinajstić information content (AvgIpc) is 2.11. The summed E-state index contributed by atoms with van der Waals surface area (Å²) in [5, 5.41) is 1.22. The average molecular weight is 222 g/mol. The molecule has 0 aromatic carbocycles. The Kier molecular flexibility index (Phi) is 8.83. The molecule has 0 saturated carbocycles. The van der Waals surface area contributed by atoms with E-state index in [1.165, 1.54) is 5.01 Å². The Labute approximate surface area is 91.7 Å². The number of amides is 1. The van der Waals surface area contributed by atoms with Gasteiger partial charge in [-0.1, -0.05) is 5.57 Å². The lowest BCUT2D eigenvalue weighted by Crippen LogP contribution is -2.39. The van der Waals surface area contributed by atoms with E-state index in [-0.39, 0.29) is 18.3 Å². The van der Waals surface area contributed by atoms with Crippen LogP contribution in [-0.2, 0) is 4.79 Å². The second-order valence-corrected chi connectivity index (χ2v) is 3.27. The fraction of sp³-hybridized carbons (Fsp3) is 0.667. The molecule has 14 heavy (non-hydrogen) atoms. The summed E-state index contributed by atoms with van der Waals surface area (Å²) in [6.45, 7) is 6.63. The van der Waals surface area contributed by atoms with E-state index in [4.69, 9.17) is 11.6 Å². The van der Waals surface area contributed by atoms with Crippen molar-refractivity contribution in [3.05, 3.63) is 11.1 Å². The minimum atomic E-state index is -0.117. The van der Waals surface area contributed by atoms with Crippen LogP contribution in [-0.4, -0.2) is 24.0 Å². The lowest BCUT2D eigenvalue weighted by molar-refractivity contribution is -0.127. The van der Waals surface area contributed by atoms with E-state index in [1.54, 1.807) is 6.92 Å². The lowest BCUT2D eigenvalue weighted by atomic mass is 10.1. The zero-order valence-corrected chi connectivity index (χ0v) is 9.86. The highest BCUT2D eigenvalue weighted by atomic mass is 35.5. The molecule has 0 aliphatic rings. The van der Waals surface area contributed by atoms with E-state index in [0.29, 0.717) is 18.7 Å². The van der Waals surface area contributed by atoms with E-state index in [9.17, 15) is 4.79 Å². The van der Waals surface area contributed by atoms with Crippen LogP contribution < -0.4 is 11.6 Å². The van der Waals surface area contributed by atoms with Gasteiger partial charge in [-0.2, -0.15) is 0 Å². The molecule has 0 saturated heterocycles. The fourth-order valence-corrected chi connectivity index (χ4v) is 0.792. The van der Waals surface area contributed by atoms with Gasteiger partial charge in [0.05, 0.1) is 0 Å². The second kappa shape index (κ2) is 7.79. The highest BCUT2D eigenvalue weighted by molar-refractivity contribution is 5.93. The predicted molar refractivity (Wildman–Crippen MR) is 60.9 cm³/mol. The van der Waals surface area contributed by atoms with Crippen molar-refractivity contribution >= 4 is 18.3 Å². The Morgan fingerprint density at radius 3 is 2.14 bits per heavy atom. The number of hydrazine groups is 1. The maximum Gasteiger partial charge on any atom is 0.263 e. The first-order chi connectivity index (χ1) is 6.00. The molecular formula is C9H20ClN3O. The second-order valence-electron chi connectivity index (χ2n) is 3.27. The maximum absolute atomic E-state index is 11.5. The molecule has 0 aliphatic heterocycles. The molecule has 0 bridgehead atoms. The molecule has 0 aromatic heterocycles. The highest BCUT2D eigenvalue weighted by Gasteiger charge is 2.11. The van der Waals surface area contributed by atoms with Gasteiger partial charge in [-0.15, -0.1) is 12.4 Å². The third-order valence-electron chi connectivity index (χ3n) is 1.93. The van der Waals surface area contributed by atoms with Gasteiger partial charge < -0.3 is 5.73 Å². The number of hydrogen-bond acceptors (Lipinski definition) is 3. The van der Waals surface area contributed by atoms with Gasteiger partial charge in [-0.3, -0.25) is 9.80 Å². The summed E-state index contributed by atoms with van der Waals surface area (Å²) in [5.74, 6) is 5.42. The molecule has 0 radical (unpaired) electrons. The molecule has 1 amide bonds. The van der Waals surface area contributed by atoms with Gasteiger partial charge in [0.1, 0.15) is 0 Å². The molecule has 0 atom stereocenters. The number of carbonyl (C=O) groups excluding carboxylic acids is 1. The van der Waals surface area contributed by atoms with E-state index >= 15 is 0 Å². The van der Waals surface area contributed by atoms with Crippen LogP contribution >= 0.6 is 12.4 Å². The van der Waals surface area contributed by atoms with E-state index in [2.05, 4.69) is 0 Å². The van der Waals surface area contributed by atoms with Gasteiger partial charge in [0.25, 0.3) is 5.91 Å². The fourth-order valence-electron chi connectivity index (χ4n) is 0.792. The molecule has 4 N–H and O–H groups in total. The Hall–Kier alpha value is -0.580. The van der Waals surface area contributed by atoms with Gasteiger partial charge in [-0.25, -0.2) is 5.84 Å². The molecule has 84 valence electrons. The molecule has 0 rings (SSSR count). The van der Waals surface area contributed by atoms with Crippen LogP contribution in [0.5, 0.6) is 0 Å². The first kappa shape index (κ1) is 15.9. The Morgan fingerprint density at radius 1 is 1.29 bits per heavy atom. The van der Waals surface area contributed by atoms with E-state index in [1.807, 2.05) is 13.8 Å². The van der Waals surface area contributed by atoms with Crippen LogP contribution in [0, 0.1) is 0 Å². The molecule has 4 nitrogen and oxygen atoms in total. The van der Waals surface area contributed by atoms with Crippen molar-refractivity contribution < 1.29 is 4.79 Å². The molecule has 0 fully saturated rings. The van der Waals surface area contributed by atoms with Crippen LogP contribution in [0.2, 0.25) is 0 Å². The minimum Gasteiger partial charge on any atom is -0.330 e. The predicted octanol–water partition coefficient (Wildman–Crippen LogP) is 0.816. The van der Waals surface area contributed by atoms with Crippen molar-refractivity contribution in [2.75, 3.05) is 13.1 Å². The van der Waals surface area contributed by atoms with E-state index in [0.717, 1.165) is 12.0 Å². The number of allylic oxidation sites excluding steroid dienone is 1. The smallest absolute Gasteiger partial charge is 0.263 e. The zero-order valence-electron chi connectivity index (χ0n) is 9.04. The molecule has 0 unspecified atom stereocenters. The summed E-state index contributed by atoms with van der Waals surface area (Å²) >= 11 is 0. The van der Waals surface area contributed by atoms with Gasteiger partial charge >= 0.3 is 0 Å². The number of nitrogens with zero attached hydrogens (tertiary/aromatic N) is 1. The molecule has 0 spiro atoms. The Morgan fingerprint density at radius 2 is 1.79 bits per heavy atom. The molecule has 0 aromatic rings. The van der Waals surface area contributed by atoms with Gasteiger partial charge in [0.15, 0.2) is 0 Å². The first-order valence-corrected chi connectivity index (χ1v) is 4.41. The minimum absolute atomic E-state index is 0. The van der Waals surface area contributed by atoms with Gasteiger partial charge in [0, 0.05) is 12.1 Å². The molecular weight excluding hydrogens is 202 g/mol. The van der Waals surface area contributed by atoms with Crippen LogP contribution in [0.1, 0.15) is 27.2 Å². The van der Waals surface area contributed by atoms with Crippen molar-refractivity contribution in [2.24, 2.45) is 11.6 Å². The third-order valence-corrected chi connectivity index (χ3v) is 1.93. The number of carbonyl (C=O) groups is 1. The summed E-state index contributed by atoms with van der Waals surface area (Å²) < 4.78 is 0. The molecule has 5 heteroatoms. The number of nitrogens with two attached hydrogens (primary N) is 2. The molecule has 0 aliphatic carbocycles. The maximum atomic E-state index is 11.5. The van der Waals surface area contributed by atoms with Crippen molar-refractivity contribution in [2.45, 2.75) is 27.2 Å². The van der Waals surface area contributed by atoms with Gasteiger partial charge in [-0.05, 0) is 33.7 Å². The molecule has 0 heterocycles. The van der Waals surface area contributed by atoms with Crippen LogP contribution in [0.25, 0.3) is 0 Å². The van der Waals surface area contributed by atoms with Crippen LogP contribution in [0.4, 0.5) is 0 Å². The summed E-state index contributed by atoms with van der Waals surface area (Å²) in [7, 11) is 0. The van der Waals surface area contributed by atoms with Crippen LogP contribution in [0.15, 0.2) is 11.1 Å². The topological polar surface area (TPSA) is 72.3 Å². The van der Waals surface area contributed by atoms with Crippen molar-refractivity contribution in [3.8, 4) is 0 Å². The highest BCUT2D eigenvalue weighted by Crippen LogP contribution is 2.04. The largest absolute Gasteiger partial charge is 0.330 e.